The highest BCUT2D eigenvalue weighted by atomic mass is 16.2. The summed E-state index contributed by atoms with van der Waals surface area (Å²) in [5, 5.41) is 0. The third-order valence-electron chi connectivity index (χ3n) is 5.10. The van der Waals surface area contributed by atoms with Gasteiger partial charge in [-0.2, -0.15) is 0 Å². The lowest BCUT2D eigenvalue weighted by Gasteiger charge is -2.37. The summed E-state index contributed by atoms with van der Waals surface area (Å²) >= 11 is 0. The minimum Gasteiger partial charge on any atom is -0.339 e. The van der Waals surface area contributed by atoms with Gasteiger partial charge in [-0.3, -0.25) is 14.4 Å². The van der Waals surface area contributed by atoms with Crippen molar-refractivity contribution in [3.63, 3.8) is 0 Å². The Morgan fingerprint density at radius 3 is 2.12 bits per heavy atom. The smallest absolute Gasteiger partial charge is 0.253 e. The van der Waals surface area contributed by atoms with E-state index in [0.29, 0.717) is 38.3 Å². The van der Waals surface area contributed by atoms with Gasteiger partial charge in [0.1, 0.15) is 0 Å². The second-order valence-corrected chi connectivity index (χ2v) is 8.10. The van der Waals surface area contributed by atoms with Crippen LogP contribution in [0.3, 0.4) is 0 Å². The first-order valence-electron chi connectivity index (χ1n) is 9.18. The predicted molar refractivity (Wildman–Crippen MR) is 100 cm³/mol. The monoisotopic (exact) mass is 357 g/mol. The molecule has 140 valence electrons. The molecular weight excluding hydrogens is 330 g/mol. The van der Waals surface area contributed by atoms with Crippen LogP contribution in [0.15, 0.2) is 18.2 Å². The van der Waals surface area contributed by atoms with Gasteiger partial charge in [-0.25, -0.2) is 0 Å². The van der Waals surface area contributed by atoms with E-state index < -0.39 is 5.41 Å². The second kappa shape index (κ2) is 6.74. The van der Waals surface area contributed by atoms with Crippen molar-refractivity contribution in [3.05, 3.63) is 29.3 Å². The van der Waals surface area contributed by atoms with E-state index in [1.165, 1.54) is 0 Å². The lowest BCUT2D eigenvalue weighted by Crippen LogP contribution is -2.53. The zero-order chi connectivity index (χ0) is 19.1. The topological polar surface area (TPSA) is 60.9 Å². The van der Waals surface area contributed by atoms with Gasteiger partial charge in [-0.1, -0.05) is 20.8 Å². The first kappa shape index (κ1) is 18.4. The van der Waals surface area contributed by atoms with Gasteiger partial charge < -0.3 is 14.7 Å². The quantitative estimate of drug-likeness (QED) is 0.772. The van der Waals surface area contributed by atoms with E-state index in [1.807, 2.05) is 42.7 Å². The maximum Gasteiger partial charge on any atom is 0.253 e. The number of hydrogen-bond donors (Lipinski definition) is 0. The fourth-order valence-corrected chi connectivity index (χ4v) is 3.63. The average molecular weight is 357 g/mol. The molecule has 6 nitrogen and oxygen atoms in total. The summed E-state index contributed by atoms with van der Waals surface area (Å²) < 4.78 is 0. The number of anilines is 1. The van der Waals surface area contributed by atoms with Gasteiger partial charge in [-0.05, 0) is 30.2 Å². The molecule has 2 aliphatic rings. The normalized spacial score (nSPS) is 17.3. The molecule has 0 N–H and O–H groups in total. The Morgan fingerprint density at radius 2 is 1.54 bits per heavy atom. The SMILES string of the molecule is CC(=O)N1CCc2cc(C(=O)N3CCN(C(=O)C(C)(C)C)CC3)ccc21. The number of hydrogen-bond acceptors (Lipinski definition) is 3. The molecule has 26 heavy (non-hydrogen) atoms. The van der Waals surface area contributed by atoms with Crippen molar-refractivity contribution < 1.29 is 14.4 Å². The maximum atomic E-state index is 12.8. The summed E-state index contributed by atoms with van der Waals surface area (Å²) in [6.45, 7) is 10.2. The second-order valence-electron chi connectivity index (χ2n) is 8.10. The molecule has 0 aliphatic carbocycles. The average Bonchev–Trinajstić information content (AvgIpc) is 3.03. The Bertz CT molecular complexity index is 743. The van der Waals surface area contributed by atoms with Crippen LogP contribution in [0.4, 0.5) is 5.69 Å². The van der Waals surface area contributed by atoms with E-state index in [1.54, 1.807) is 17.9 Å². The third-order valence-corrected chi connectivity index (χ3v) is 5.10. The van der Waals surface area contributed by atoms with E-state index in [-0.39, 0.29) is 17.7 Å². The molecule has 0 spiro atoms. The van der Waals surface area contributed by atoms with E-state index in [2.05, 4.69) is 0 Å². The summed E-state index contributed by atoms with van der Waals surface area (Å²) in [7, 11) is 0. The molecule has 1 aromatic rings. The summed E-state index contributed by atoms with van der Waals surface area (Å²) in [4.78, 5) is 42.3. The molecule has 1 aromatic carbocycles. The van der Waals surface area contributed by atoms with Gasteiger partial charge in [0, 0.05) is 56.3 Å². The van der Waals surface area contributed by atoms with Gasteiger partial charge in [0.25, 0.3) is 5.91 Å². The first-order valence-corrected chi connectivity index (χ1v) is 9.18. The molecule has 2 aliphatic heterocycles. The number of piperazine rings is 1. The van der Waals surface area contributed by atoms with Crippen LogP contribution in [0.25, 0.3) is 0 Å². The van der Waals surface area contributed by atoms with Crippen molar-refractivity contribution in [2.45, 2.75) is 34.1 Å². The molecule has 1 fully saturated rings. The molecule has 0 bridgehead atoms. The molecule has 0 atom stereocenters. The maximum absolute atomic E-state index is 12.8. The summed E-state index contributed by atoms with van der Waals surface area (Å²) in [6.07, 6.45) is 0.782. The van der Waals surface area contributed by atoms with Gasteiger partial charge in [0.2, 0.25) is 11.8 Å². The highest BCUT2D eigenvalue weighted by molar-refractivity contribution is 5.98. The summed E-state index contributed by atoms with van der Waals surface area (Å²) in [5.41, 5.74) is 2.22. The number of carbonyl (C=O) groups is 3. The Balaban J connectivity index is 1.67. The van der Waals surface area contributed by atoms with Crippen molar-refractivity contribution in [2.75, 3.05) is 37.6 Å². The minimum absolute atomic E-state index is 0.00284. The van der Waals surface area contributed by atoms with Crippen molar-refractivity contribution in [1.82, 2.24) is 9.80 Å². The fraction of sp³-hybridized carbons (Fsp3) is 0.550. The first-order chi connectivity index (χ1) is 12.2. The number of amides is 3. The van der Waals surface area contributed by atoms with Gasteiger partial charge in [0.15, 0.2) is 0 Å². The number of fused-ring (bicyclic) bond motifs is 1. The van der Waals surface area contributed by atoms with E-state index in [0.717, 1.165) is 17.7 Å². The lowest BCUT2D eigenvalue weighted by molar-refractivity contribution is -0.140. The molecule has 0 radical (unpaired) electrons. The largest absolute Gasteiger partial charge is 0.339 e. The number of benzene rings is 1. The van der Waals surface area contributed by atoms with Crippen molar-refractivity contribution in [1.29, 1.82) is 0 Å². The zero-order valence-electron chi connectivity index (χ0n) is 16.0. The van der Waals surface area contributed by atoms with E-state index >= 15 is 0 Å². The third kappa shape index (κ3) is 3.45. The van der Waals surface area contributed by atoms with Gasteiger partial charge in [0.05, 0.1) is 0 Å². The highest BCUT2D eigenvalue weighted by Gasteiger charge is 2.31. The predicted octanol–water partition coefficient (Wildman–Crippen LogP) is 1.93. The zero-order valence-corrected chi connectivity index (χ0v) is 16.0. The van der Waals surface area contributed by atoms with E-state index in [9.17, 15) is 14.4 Å². The van der Waals surface area contributed by atoms with Crippen LogP contribution in [-0.4, -0.2) is 60.2 Å². The van der Waals surface area contributed by atoms with Crippen LogP contribution in [0.2, 0.25) is 0 Å². The standard InChI is InChI=1S/C20H27N3O3/c1-14(24)23-8-7-15-13-16(5-6-17(15)23)18(25)21-9-11-22(12-10-21)19(26)20(2,3)4/h5-6,13H,7-12H2,1-4H3. The van der Waals surface area contributed by atoms with Crippen LogP contribution >= 0.6 is 0 Å². The Kier molecular flexibility index (Phi) is 4.78. The van der Waals surface area contributed by atoms with Crippen LogP contribution < -0.4 is 4.90 Å². The van der Waals surface area contributed by atoms with Crippen molar-refractivity contribution in [2.24, 2.45) is 5.41 Å². The molecule has 0 saturated carbocycles. The molecule has 3 rings (SSSR count). The Morgan fingerprint density at radius 1 is 0.923 bits per heavy atom. The van der Waals surface area contributed by atoms with Crippen LogP contribution in [0.5, 0.6) is 0 Å². The van der Waals surface area contributed by atoms with Crippen LogP contribution in [-0.2, 0) is 16.0 Å². The number of rotatable bonds is 1. The molecular formula is C20H27N3O3. The number of carbonyl (C=O) groups excluding carboxylic acids is 3. The van der Waals surface area contributed by atoms with Crippen LogP contribution in [0, 0.1) is 5.41 Å². The van der Waals surface area contributed by atoms with Crippen LogP contribution in [0.1, 0.15) is 43.6 Å². The lowest BCUT2D eigenvalue weighted by atomic mass is 9.94. The Labute approximate surface area is 154 Å². The minimum atomic E-state index is -0.394. The van der Waals surface area contributed by atoms with Gasteiger partial charge >= 0.3 is 0 Å². The molecule has 0 unspecified atom stereocenters. The molecule has 3 amide bonds. The molecule has 6 heteroatoms. The van der Waals surface area contributed by atoms with Crippen molar-refractivity contribution in [3.8, 4) is 0 Å². The van der Waals surface area contributed by atoms with E-state index in [4.69, 9.17) is 0 Å². The highest BCUT2D eigenvalue weighted by Crippen LogP contribution is 2.29. The molecule has 0 aromatic heterocycles. The number of nitrogens with zero attached hydrogens (tertiary/aromatic N) is 3. The summed E-state index contributed by atoms with van der Waals surface area (Å²) in [5.74, 6) is 0.158. The Hall–Kier alpha value is -2.37. The molecule has 1 saturated heterocycles. The fourth-order valence-electron chi connectivity index (χ4n) is 3.63. The summed E-state index contributed by atoms with van der Waals surface area (Å²) in [6, 6.07) is 5.58. The van der Waals surface area contributed by atoms with Gasteiger partial charge in [-0.15, -0.1) is 0 Å². The van der Waals surface area contributed by atoms with Crippen molar-refractivity contribution >= 4 is 23.4 Å². The molecule has 2 heterocycles.